The molecule has 1 heterocycles. The molecule has 1 aliphatic carbocycles. The molecule has 2 nitrogen and oxygen atoms in total. The fourth-order valence-corrected chi connectivity index (χ4v) is 3.81. The van der Waals surface area contributed by atoms with E-state index in [-0.39, 0.29) is 0 Å². The second kappa shape index (κ2) is 6.91. The molecule has 0 spiro atoms. The van der Waals surface area contributed by atoms with E-state index in [1.165, 1.54) is 58.2 Å². The minimum Gasteiger partial charge on any atom is -0.320 e. The molecule has 1 saturated heterocycles. The lowest BCUT2D eigenvalue weighted by Crippen LogP contribution is -2.44. The van der Waals surface area contributed by atoms with Crippen molar-refractivity contribution in [2.24, 2.45) is 17.8 Å². The lowest BCUT2D eigenvalue weighted by atomic mass is 9.78. The zero-order valence-electron chi connectivity index (χ0n) is 12.6. The molecular weight excluding hydrogens is 220 g/mol. The lowest BCUT2D eigenvalue weighted by molar-refractivity contribution is 0.0745. The molecule has 1 N–H and O–H groups in total. The van der Waals surface area contributed by atoms with Gasteiger partial charge in [0.05, 0.1) is 0 Å². The van der Waals surface area contributed by atoms with Crippen LogP contribution in [0.4, 0.5) is 0 Å². The summed E-state index contributed by atoms with van der Waals surface area (Å²) in [6.07, 6.45) is 8.59. The van der Waals surface area contributed by atoms with Crippen molar-refractivity contribution in [3.8, 4) is 0 Å². The first-order valence-electron chi connectivity index (χ1n) is 8.09. The molecule has 2 rings (SSSR count). The van der Waals surface area contributed by atoms with Crippen LogP contribution in [0.2, 0.25) is 0 Å². The smallest absolute Gasteiger partial charge is 0.00979 e. The Bertz CT molecular complexity index is 233. The predicted molar refractivity (Wildman–Crippen MR) is 78.8 cm³/mol. The van der Waals surface area contributed by atoms with E-state index in [0.717, 1.165) is 23.8 Å². The molecule has 0 radical (unpaired) electrons. The van der Waals surface area contributed by atoms with Crippen molar-refractivity contribution in [3.05, 3.63) is 0 Å². The van der Waals surface area contributed by atoms with E-state index in [1.54, 1.807) is 0 Å². The molecule has 0 bridgehead atoms. The van der Waals surface area contributed by atoms with E-state index < -0.39 is 0 Å². The van der Waals surface area contributed by atoms with E-state index in [0.29, 0.717) is 0 Å². The Morgan fingerprint density at radius 3 is 2.33 bits per heavy atom. The van der Waals surface area contributed by atoms with Crippen molar-refractivity contribution in [3.63, 3.8) is 0 Å². The van der Waals surface area contributed by atoms with Crippen LogP contribution in [-0.2, 0) is 0 Å². The van der Waals surface area contributed by atoms with Crippen LogP contribution in [0.25, 0.3) is 0 Å². The number of likely N-dealkylation sites (tertiary alicyclic amines) is 1. The van der Waals surface area contributed by atoms with Crippen molar-refractivity contribution >= 4 is 0 Å². The highest BCUT2D eigenvalue weighted by atomic mass is 15.2. The first-order chi connectivity index (χ1) is 8.70. The Hall–Kier alpha value is -0.0800. The second-order valence-corrected chi connectivity index (χ2v) is 6.79. The van der Waals surface area contributed by atoms with Gasteiger partial charge in [0.25, 0.3) is 0 Å². The summed E-state index contributed by atoms with van der Waals surface area (Å²) in [6.45, 7) is 8.81. The van der Waals surface area contributed by atoms with Crippen molar-refractivity contribution < 1.29 is 0 Å². The normalized spacial score (nSPS) is 35.8. The summed E-state index contributed by atoms with van der Waals surface area (Å²) in [7, 11) is 2.07. The molecular formula is C16H32N2. The van der Waals surface area contributed by atoms with Gasteiger partial charge in [-0.05, 0) is 83.0 Å². The van der Waals surface area contributed by atoms with Gasteiger partial charge in [0.2, 0.25) is 0 Å². The van der Waals surface area contributed by atoms with Crippen LogP contribution < -0.4 is 5.32 Å². The van der Waals surface area contributed by atoms with E-state index in [4.69, 9.17) is 0 Å². The van der Waals surface area contributed by atoms with E-state index in [2.05, 4.69) is 31.1 Å². The first kappa shape index (κ1) is 14.3. The highest BCUT2D eigenvalue weighted by Gasteiger charge is 2.30. The maximum Gasteiger partial charge on any atom is 0.00979 e. The SMILES string of the molecule is CNCCC1CCN(C2CCC(C)C(C)C2)CC1. The van der Waals surface area contributed by atoms with Crippen molar-refractivity contribution in [1.82, 2.24) is 10.2 Å². The highest BCUT2D eigenvalue weighted by molar-refractivity contribution is 4.84. The van der Waals surface area contributed by atoms with Gasteiger partial charge in [-0.15, -0.1) is 0 Å². The molecule has 2 fully saturated rings. The minimum atomic E-state index is 0.904. The van der Waals surface area contributed by atoms with E-state index in [1.807, 2.05) is 0 Å². The van der Waals surface area contributed by atoms with Gasteiger partial charge in [-0.3, -0.25) is 0 Å². The van der Waals surface area contributed by atoms with E-state index in [9.17, 15) is 0 Å². The highest BCUT2D eigenvalue weighted by Crippen LogP contribution is 2.34. The fraction of sp³-hybridized carbons (Fsp3) is 1.00. The maximum absolute atomic E-state index is 3.29. The maximum atomic E-state index is 3.29. The zero-order chi connectivity index (χ0) is 13.0. The summed E-state index contributed by atoms with van der Waals surface area (Å²) in [4.78, 5) is 2.80. The summed E-state index contributed by atoms with van der Waals surface area (Å²) in [5.74, 6) is 2.87. The van der Waals surface area contributed by atoms with Gasteiger partial charge in [-0.25, -0.2) is 0 Å². The zero-order valence-corrected chi connectivity index (χ0v) is 12.6. The van der Waals surface area contributed by atoms with Gasteiger partial charge in [0.15, 0.2) is 0 Å². The summed E-state index contributed by atoms with van der Waals surface area (Å²) in [5, 5.41) is 3.29. The number of hydrogen-bond donors (Lipinski definition) is 1. The van der Waals surface area contributed by atoms with Crippen LogP contribution in [0.3, 0.4) is 0 Å². The first-order valence-corrected chi connectivity index (χ1v) is 8.09. The topological polar surface area (TPSA) is 15.3 Å². The molecule has 1 saturated carbocycles. The van der Waals surface area contributed by atoms with Gasteiger partial charge in [0, 0.05) is 6.04 Å². The average molecular weight is 252 g/mol. The van der Waals surface area contributed by atoms with Crippen LogP contribution in [-0.4, -0.2) is 37.6 Å². The average Bonchev–Trinajstić information content (AvgIpc) is 2.40. The van der Waals surface area contributed by atoms with Gasteiger partial charge < -0.3 is 10.2 Å². The summed E-state index contributed by atoms with van der Waals surface area (Å²) in [6, 6.07) is 0.904. The van der Waals surface area contributed by atoms with Crippen molar-refractivity contribution in [2.75, 3.05) is 26.7 Å². The van der Waals surface area contributed by atoms with E-state index >= 15 is 0 Å². The molecule has 2 heteroatoms. The Kier molecular flexibility index (Phi) is 5.50. The molecule has 3 atom stereocenters. The lowest BCUT2D eigenvalue weighted by Gasteiger charge is -2.42. The van der Waals surface area contributed by atoms with Crippen LogP contribution in [0, 0.1) is 17.8 Å². The molecule has 3 unspecified atom stereocenters. The third-order valence-electron chi connectivity index (χ3n) is 5.54. The summed E-state index contributed by atoms with van der Waals surface area (Å²) in [5.41, 5.74) is 0. The molecule has 0 aromatic carbocycles. The number of hydrogen-bond acceptors (Lipinski definition) is 2. The molecule has 18 heavy (non-hydrogen) atoms. The second-order valence-electron chi connectivity index (χ2n) is 6.79. The van der Waals surface area contributed by atoms with Crippen LogP contribution in [0.5, 0.6) is 0 Å². The molecule has 0 aromatic rings. The largest absolute Gasteiger partial charge is 0.320 e. The molecule has 1 aliphatic heterocycles. The number of piperidine rings is 1. The number of rotatable bonds is 4. The molecule has 2 aliphatic rings. The standard InChI is InChI=1S/C16H32N2/c1-13-4-5-16(12-14(13)2)18-10-7-15(8-11-18)6-9-17-3/h13-17H,4-12H2,1-3H3. The monoisotopic (exact) mass is 252 g/mol. The Morgan fingerprint density at radius 2 is 1.72 bits per heavy atom. The van der Waals surface area contributed by atoms with Crippen LogP contribution in [0.15, 0.2) is 0 Å². The fourth-order valence-electron chi connectivity index (χ4n) is 3.81. The third-order valence-corrected chi connectivity index (χ3v) is 5.54. The van der Waals surface area contributed by atoms with Crippen LogP contribution in [0.1, 0.15) is 52.4 Å². The predicted octanol–water partition coefficient (Wildman–Crippen LogP) is 3.13. The quantitative estimate of drug-likeness (QED) is 0.827. The number of nitrogens with zero attached hydrogens (tertiary/aromatic N) is 1. The molecule has 0 aromatic heterocycles. The van der Waals surface area contributed by atoms with Crippen molar-refractivity contribution in [1.29, 1.82) is 0 Å². The Morgan fingerprint density at radius 1 is 1.00 bits per heavy atom. The third kappa shape index (κ3) is 3.71. The number of nitrogens with one attached hydrogen (secondary N) is 1. The van der Waals surface area contributed by atoms with Crippen molar-refractivity contribution in [2.45, 2.75) is 58.4 Å². The van der Waals surface area contributed by atoms with Crippen LogP contribution >= 0.6 is 0 Å². The summed E-state index contributed by atoms with van der Waals surface area (Å²) >= 11 is 0. The molecule has 106 valence electrons. The Balaban J connectivity index is 1.72. The molecule has 0 amide bonds. The van der Waals surface area contributed by atoms with Gasteiger partial charge in [-0.1, -0.05) is 13.8 Å². The van der Waals surface area contributed by atoms with Gasteiger partial charge >= 0.3 is 0 Å². The van der Waals surface area contributed by atoms with Gasteiger partial charge in [0.1, 0.15) is 0 Å². The minimum absolute atomic E-state index is 0.904. The van der Waals surface area contributed by atoms with Gasteiger partial charge in [-0.2, -0.15) is 0 Å². The Labute approximate surface area is 114 Å². The summed E-state index contributed by atoms with van der Waals surface area (Å²) < 4.78 is 0.